The zero-order valence-electron chi connectivity index (χ0n) is 16.6. The summed E-state index contributed by atoms with van der Waals surface area (Å²) >= 11 is 0. The fraction of sp³-hybridized carbons (Fsp3) is 0.435. The Balaban J connectivity index is 1.49. The predicted molar refractivity (Wildman–Crippen MR) is 110 cm³/mol. The monoisotopic (exact) mass is 391 g/mol. The van der Waals surface area contributed by atoms with Crippen LogP contribution in [-0.4, -0.2) is 24.0 Å². The quantitative estimate of drug-likeness (QED) is 0.778. The van der Waals surface area contributed by atoms with Crippen LogP contribution in [0.4, 0.5) is 17.2 Å². The standard InChI is InChI=1S/C23H25N3O3/c1-29-21(28)23-11-8-22(9-12-23,10-13-23)20(27)26-15-16-5-4-14-24-19(16)25-17-6-2-3-7-18(17)26/h2-7,14H,8-13,15H2,1H3,(H,24,25). The van der Waals surface area contributed by atoms with Gasteiger partial charge in [0, 0.05) is 17.2 Å². The number of carbonyl (C=O) groups is 2. The Labute approximate surface area is 170 Å². The van der Waals surface area contributed by atoms with Crippen LogP contribution in [0.2, 0.25) is 0 Å². The third-order valence-electron chi connectivity index (χ3n) is 7.23. The van der Waals surface area contributed by atoms with Gasteiger partial charge in [0.1, 0.15) is 5.82 Å². The molecule has 6 rings (SSSR count). The van der Waals surface area contributed by atoms with Gasteiger partial charge >= 0.3 is 5.97 Å². The molecule has 4 aliphatic rings. The molecule has 0 atom stereocenters. The number of amides is 1. The molecular formula is C23H25N3O3. The average Bonchev–Trinajstić information content (AvgIpc) is 2.96. The van der Waals surface area contributed by atoms with Crippen LogP contribution in [-0.2, 0) is 20.9 Å². The fourth-order valence-corrected chi connectivity index (χ4v) is 5.37. The number of nitrogens with zero attached hydrogens (tertiary/aromatic N) is 2. The Morgan fingerprint density at radius 3 is 2.41 bits per heavy atom. The van der Waals surface area contributed by atoms with E-state index in [1.165, 1.54) is 7.11 Å². The molecular weight excluding hydrogens is 366 g/mol. The van der Waals surface area contributed by atoms with Gasteiger partial charge in [0.2, 0.25) is 5.91 Å². The zero-order valence-corrected chi connectivity index (χ0v) is 16.6. The summed E-state index contributed by atoms with van der Waals surface area (Å²) in [4.78, 5) is 32.7. The van der Waals surface area contributed by atoms with Gasteiger partial charge in [-0.2, -0.15) is 0 Å². The number of esters is 1. The molecule has 2 bridgehead atoms. The van der Waals surface area contributed by atoms with Gasteiger partial charge in [0.05, 0.1) is 30.4 Å². The smallest absolute Gasteiger partial charge is 0.311 e. The molecule has 29 heavy (non-hydrogen) atoms. The van der Waals surface area contributed by atoms with Gasteiger partial charge in [-0.3, -0.25) is 9.59 Å². The topological polar surface area (TPSA) is 71.5 Å². The number of benzene rings is 1. The van der Waals surface area contributed by atoms with E-state index in [1.807, 2.05) is 41.3 Å². The summed E-state index contributed by atoms with van der Waals surface area (Å²) < 4.78 is 5.07. The van der Waals surface area contributed by atoms with E-state index in [4.69, 9.17) is 4.74 Å². The zero-order chi connectivity index (χ0) is 20.1. The number of anilines is 3. The SMILES string of the molecule is COC(=O)C12CCC(C(=O)N3Cc4cccnc4Nc4ccccc43)(CC1)CC2. The number of fused-ring (bicyclic) bond motifs is 5. The van der Waals surface area contributed by atoms with Crippen LogP contribution in [0.3, 0.4) is 0 Å². The summed E-state index contributed by atoms with van der Waals surface area (Å²) in [7, 11) is 1.46. The van der Waals surface area contributed by atoms with E-state index in [1.54, 1.807) is 6.20 Å². The fourth-order valence-electron chi connectivity index (χ4n) is 5.37. The van der Waals surface area contributed by atoms with Crippen LogP contribution in [0.1, 0.15) is 44.1 Å². The van der Waals surface area contributed by atoms with Crippen LogP contribution < -0.4 is 10.2 Å². The van der Waals surface area contributed by atoms with Gasteiger partial charge in [-0.05, 0) is 56.7 Å². The number of hydrogen-bond acceptors (Lipinski definition) is 5. The number of methoxy groups -OCH3 is 1. The predicted octanol–water partition coefficient (Wildman–Crippen LogP) is 4.19. The van der Waals surface area contributed by atoms with Crippen molar-refractivity contribution in [2.75, 3.05) is 17.3 Å². The molecule has 1 amide bonds. The molecule has 6 nitrogen and oxygen atoms in total. The van der Waals surface area contributed by atoms with Crippen LogP contribution in [0, 0.1) is 10.8 Å². The van der Waals surface area contributed by atoms with Crippen molar-refractivity contribution < 1.29 is 14.3 Å². The van der Waals surface area contributed by atoms with E-state index in [2.05, 4.69) is 10.3 Å². The number of hydrogen-bond donors (Lipinski definition) is 1. The minimum atomic E-state index is -0.393. The van der Waals surface area contributed by atoms with Crippen molar-refractivity contribution >= 4 is 29.1 Å². The Morgan fingerprint density at radius 2 is 1.69 bits per heavy atom. The molecule has 1 aromatic heterocycles. The molecule has 0 radical (unpaired) electrons. The molecule has 1 aliphatic heterocycles. The van der Waals surface area contributed by atoms with Crippen molar-refractivity contribution in [3.63, 3.8) is 0 Å². The van der Waals surface area contributed by atoms with E-state index in [-0.39, 0.29) is 17.3 Å². The Bertz CT molecular complexity index is 962. The Morgan fingerprint density at radius 1 is 1.00 bits per heavy atom. The van der Waals surface area contributed by atoms with Crippen molar-refractivity contribution in [2.45, 2.75) is 45.1 Å². The molecule has 0 saturated heterocycles. The minimum absolute atomic E-state index is 0.109. The molecule has 3 aliphatic carbocycles. The van der Waals surface area contributed by atoms with Gasteiger partial charge in [-0.25, -0.2) is 4.98 Å². The number of rotatable bonds is 2. The first-order chi connectivity index (χ1) is 14.1. The van der Waals surface area contributed by atoms with Crippen LogP contribution in [0.15, 0.2) is 42.6 Å². The highest BCUT2D eigenvalue weighted by atomic mass is 16.5. The number of carbonyl (C=O) groups excluding carboxylic acids is 2. The lowest BCUT2D eigenvalue weighted by atomic mass is 9.53. The average molecular weight is 391 g/mol. The molecule has 3 fully saturated rings. The summed E-state index contributed by atoms with van der Waals surface area (Å²) in [6, 6.07) is 11.8. The van der Waals surface area contributed by atoms with E-state index in [0.29, 0.717) is 6.54 Å². The highest BCUT2D eigenvalue weighted by molar-refractivity contribution is 6.02. The molecule has 2 heterocycles. The maximum Gasteiger partial charge on any atom is 0.311 e. The summed E-state index contributed by atoms with van der Waals surface area (Å²) in [5, 5.41) is 3.39. The molecule has 0 unspecified atom stereocenters. The van der Waals surface area contributed by atoms with Gasteiger partial charge in [0.15, 0.2) is 0 Å². The summed E-state index contributed by atoms with van der Waals surface area (Å²) in [5.74, 6) is 0.855. The lowest BCUT2D eigenvalue weighted by Crippen LogP contribution is -2.53. The maximum atomic E-state index is 14.0. The number of nitrogens with one attached hydrogen (secondary N) is 1. The summed E-state index contributed by atoms with van der Waals surface area (Å²) in [6.07, 6.45) is 6.19. The third-order valence-corrected chi connectivity index (χ3v) is 7.23. The van der Waals surface area contributed by atoms with Crippen molar-refractivity contribution in [3.05, 3.63) is 48.2 Å². The Kier molecular flexibility index (Phi) is 4.12. The normalized spacial score (nSPS) is 27.3. The molecule has 150 valence electrons. The van der Waals surface area contributed by atoms with Crippen molar-refractivity contribution in [1.82, 2.24) is 4.98 Å². The van der Waals surface area contributed by atoms with Crippen molar-refractivity contribution in [3.8, 4) is 0 Å². The second kappa shape index (κ2) is 6.58. The first kappa shape index (κ1) is 18.2. The molecule has 1 N–H and O–H groups in total. The van der Waals surface area contributed by atoms with Crippen molar-refractivity contribution in [1.29, 1.82) is 0 Å². The molecule has 3 saturated carbocycles. The van der Waals surface area contributed by atoms with E-state index in [9.17, 15) is 9.59 Å². The van der Waals surface area contributed by atoms with Crippen molar-refractivity contribution in [2.24, 2.45) is 10.8 Å². The van der Waals surface area contributed by atoms with Gasteiger partial charge in [-0.15, -0.1) is 0 Å². The van der Waals surface area contributed by atoms with E-state index < -0.39 is 5.41 Å². The lowest BCUT2D eigenvalue weighted by molar-refractivity contribution is -0.165. The maximum absolute atomic E-state index is 14.0. The largest absolute Gasteiger partial charge is 0.469 e. The van der Waals surface area contributed by atoms with Gasteiger partial charge in [0.25, 0.3) is 0 Å². The minimum Gasteiger partial charge on any atom is -0.469 e. The second-order valence-electron chi connectivity index (χ2n) is 8.60. The molecule has 2 aromatic rings. The third kappa shape index (κ3) is 2.73. The summed E-state index contributed by atoms with van der Waals surface area (Å²) in [6.45, 7) is 0.496. The molecule has 0 spiro atoms. The number of aromatic nitrogens is 1. The van der Waals surface area contributed by atoms with Gasteiger partial charge in [-0.1, -0.05) is 18.2 Å². The number of ether oxygens (including phenoxy) is 1. The van der Waals surface area contributed by atoms with Crippen LogP contribution in [0.5, 0.6) is 0 Å². The first-order valence-corrected chi connectivity index (χ1v) is 10.3. The highest BCUT2D eigenvalue weighted by Gasteiger charge is 2.57. The first-order valence-electron chi connectivity index (χ1n) is 10.3. The van der Waals surface area contributed by atoms with Gasteiger partial charge < -0.3 is 15.0 Å². The van der Waals surface area contributed by atoms with Crippen LogP contribution >= 0.6 is 0 Å². The number of para-hydroxylation sites is 2. The van der Waals surface area contributed by atoms with E-state index in [0.717, 1.165) is 61.3 Å². The number of pyridine rings is 1. The lowest BCUT2D eigenvalue weighted by Gasteiger charge is -2.51. The molecule has 6 heteroatoms. The second-order valence-corrected chi connectivity index (χ2v) is 8.60. The highest BCUT2D eigenvalue weighted by Crippen LogP contribution is 2.58. The summed E-state index contributed by atoms with van der Waals surface area (Å²) in [5.41, 5.74) is 2.01. The van der Waals surface area contributed by atoms with Crippen LogP contribution in [0.25, 0.3) is 0 Å². The van der Waals surface area contributed by atoms with E-state index >= 15 is 0 Å². The molecule has 1 aromatic carbocycles. The Hall–Kier alpha value is -2.89.